The van der Waals surface area contributed by atoms with E-state index in [1.54, 1.807) is 18.2 Å². The van der Waals surface area contributed by atoms with E-state index in [4.69, 9.17) is 10.5 Å². The van der Waals surface area contributed by atoms with Crippen molar-refractivity contribution in [1.29, 1.82) is 0 Å². The van der Waals surface area contributed by atoms with Crippen LogP contribution >= 0.6 is 0 Å². The molecule has 1 aromatic carbocycles. The first-order valence-corrected chi connectivity index (χ1v) is 10.4. The van der Waals surface area contributed by atoms with Crippen molar-refractivity contribution < 1.29 is 14.1 Å². The average molecular weight is 453 g/mol. The van der Waals surface area contributed by atoms with Gasteiger partial charge in [-0.15, -0.1) is 0 Å². The van der Waals surface area contributed by atoms with E-state index in [1.807, 2.05) is 0 Å². The third kappa shape index (κ3) is 3.37. The van der Waals surface area contributed by atoms with Crippen LogP contribution in [0.2, 0.25) is 5.32 Å². The summed E-state index contributed by atoms with van der Waals surface area (Å²) >= 11 is -0.329. The summed E-state index contributed by atoms with van der Waals surface area (Å²) in [5.41, 5.74) is 5.46. The maximum absolute atomic E-state index is 14.6. The molecule has 1 aliphatic heterocycles. The molecule has 0 saturated carbocycles. The van der Waals surface area contributed by atoms with E-state index in [0.29, 0.717) is 9.78 Å². The Morgan fingerprint density at radius 3 is 3.04 bits per heavy atom. The number of hydrogen-bond acceptors (Lipinski definition) is 7. The summed E-state index contributed by atoms with van der Waals surface area (Å²) in [7, 11) is 0. The number of alkyl halides is 1. The van der Waals surface area contributed by atoms with Crippen molar-refractivity contribution in [2.75, 3.05) is 5.73 Å². The molecule has 146 valence electrons. The Hall–Kier alpha value is -2.82. The Bertz CT molecular complexity index is 1100. The van der Waals surface area contributed by atoms with Crippen LogP contribution in [0.15, 0.2) is 35.4 Å². The molecule has 4 rings (SSSR count). The van der Waals surface area contributed by atoms with Gasteiger partial charge >= 0.3 is 163 Å². The number of nitro benzene ring substituents is 1. The van der Waals surface area contributed by atoms with E-state index in [9.17, 15) is 19.3 Å². The number of nitrogens with one attached hydrogen (secondary N) is 1. The van der Waals surface area contributed by atoms with Crippen molar-refractivity contribution >= 4 is 42.2 Å². The van der Waals surface area contributed by atoms with E-state index < -0.39 is 29.0 Å². The van der Waals surface area contributed by atoms with Gasteiger partial charge in [0.1, 0.15) is 0 Å². The van der Waals surface area contributed by atoms with Crippen LogP contribution < -0.4 is 15.8 Å². The van der Waals surface area contributed by atoms with Crippen molar-refractivity contribution in [3.8, 4) is 0 Å². The van der Waals surface area contributed by atoms with E-state index in [0.717, 1.165) is 0 Å². The molecule has 1 saturated heterocycles. The predicted octanol–water partition coefficient (Wildman–Crippen LogP) is 0.684. The quantitative estimate of drug-likeness (QED) is 0.329. The first-order chi connectivity index (χ1) is 13.4. The molecule has 0 bridgehead atoms. The monoisotopic (exact) mass is 454 g/mol. The first-order valence-electron chi connectivity index (χ1n) is 8.32. The molecule has 12 heteroatoms. The van der Waals surface area contributed by atoms with Gasteiger partial charge in [-0.2, -0.15) is 0 Å². The topological polar surface area (TPSA) is 142 Å². The number of nitrogens with two attached hydrogens (primary N) is 1. The van der Waals surface area contributed by atoms with Crippen LogP contribution in [0.25, 0.3) is 11.2 Å². The number of ether oxygens (including phenoxy) is 1. The van der Waals surface area contributed by atoms with Gasteiger partial charge in [-0.3, -0.25) is 0 Å². The number of halogens is 1. The van der Waals surface area contributed by atoms with Gasteiger partial charge < -0.3 is 0 Å². The van der Waals surface area contributed by atoms with Gasteiger partial charge in [-0.25, -0.2) is 0 Å². The fourth-order valence-corrected chi connectivity index (χ4v) is 5.37. The molecule has 0 amide bonds. The number of nitrogens with zero attached hydrogens (tertiary/aromatic N) is 4. The summed E-state index contributed by atoms with van der Waals surface area (Å²) in [5.74, 6) is -0.0645. The normalized spacial score (nSPS) is 22.0. The van der Waals surface area contributed by atoms with Crippen LogP contribution in [0.5, 0.6) is 0 Å². The van der Waals surface area contributed by atoms with Crippen LogP contribution in [0.3, 0.4) is 0 Å². The third-order valence-electron chi connectivity index (χ3n) is 4.39. The summed E-state index contributed by atoms with van der Waals surface area (Å²) in [6.45, 7) is 0. The van der Waals surface area contributed by atoms with Crippen molar-refractivity contribution in [2.24, 2.45) is 0 Å². The molecule has 28 heavy (non-hydrogen) atoms. The van der Waals surface area contributed by atoms with E-state index >= 15 is 0 Å². The van der Waals surface area contributed by atoms with Gasteiger partial charge in [0.2, 0.25) is 0 Å². The number of nitrogen functional groups attached to an aromatic ring is 1. The summed E-state index contributed by atoms with van der Waals surface area (Å²) in [4.78, 5) is 33.0. The Morgan fingerprint density at radius 2 is 2.25 bits per heavy atom. The molecular weight excluding hydrogens is 438 g/mol. The molecule has 1 fully saturated rings. The second-order valence-electron chi connectivity index (χ2n) is 6.19. The standard InChI is InChI=1S/C16H15FN6O4Se/c17-8-5-12(22-7-19-13-14(22)20-16(18)21-15(13)24)27-10(8)6-28-11-4-2-1-3-9(11)23(25)26/h1-4,7-8,10,12H,5-6H2,(H3,18,20,21,24)/t8?,10-,12-/m1/s1. The molecule has 3 atom stereocenters. The summed E-state index contributed by atoms with van der Waals surface area (Å²) < 4.78 is 22.5. The number of benzene rings is 1. The molecular formula is C16H15FN6O4Se. The molecule has 3 aromatic rings. The second-order valence-corrected chi connectivity index (χ2v) is 8.42. The second kappa shape index (κ2) is 7.30. The number of fused-ring (bicyclic) bond motifs is 1. The zero-order valence-electron chi connectivity index (χ0n) is 14.3. The van der Waals surface area contributed by atoms with Crippen LogP contribution in [-0.4, -0.2) is 51.7 Å². The zero-order chi connectivity index (χ0) is 19.8. The number of H-pyrrole nitrogens is 1. The van der Waals surface area contributed by atoms with Gasteiger partial charge in [-0.05, 0) is 0 Å². The molecule has 2 aromatic heterocycles. The van der Waals surface area contributed by atoms with E-state index in [-0.39, 0.29) is 44.2 Å². The summed E-state index contributed by atoms with van der Waals surface area (Å²) in [6, 6.07) is 6.44. The number of rotatable bonds is 5. The molecule has 10 nitrogen and oxygen atoms in total. The number of imidazole rings is 1. The van der Waals surface area contributed by atoms with Crippen LogP contribution in [-0.2, 0) is 4.74 Å². The Kier molecular flexibility index (Phi) is 4.83. The number of anilines is 1. The Labute approximate surface area is 163 Å². The molecule has 0 spiro atoms. The molecule has 1 aliphatic rings. The Balaban J connectivity index is 1.52. The van der Waals surface area contributed by atoms with Crippen molar-refractivity contribution in [3.05, 3.63) is 51.1 Å². The zero-order valence-corrected chi connectivity index (χ0v) is 16.0. The SMILES string of the molecule is Nc1nc2c(ncn2[C@H]2CC(F)[C@@H](C[Se]c3ccccc3[N+](=O)[O-])O2)c(=O)[nH]1. The average Bonchev–Trinajstić information content (AvgIpc) is 3.23. The summed E-state index contributed by atoms with van der Waals surface area (Å²) in [6.07, 6.45) is -1.19. The minimum atomic E-state index is -1.24. The van der Waals surface area contributed by atoms with Gasteiger partial charge in [0.15, 0.2) is 0 Å². The number of para-hydroxylation sites is 1. The first kappa shape index (κ1) is 18.5. The van der Waals surface area contributed by atoms with Gasteiger partial charge in [0.25, 0.3) is 0 Å². The summed E-state index contributed by atoms with van der Waals surface area (Å²) in [5, 5.41) is 11.5. The van der Waals surface area contributed by atoms with Crippen LogP contribution in [0, 0.1) is 10.1 Å². The predicted molar refractivity (Wildman–Crippen MR) is 99.3 cm³/mol. The van der Waals surface area contributed by atoms with Crippen molar-refractivity contribution in [3.63, 3.8) is 0 Å². The molecule has 3 heterocycles. The molecule has 0 aliphatic carbocycles. The van der Waals surface area contributed by atoms with Gasteiger partial charge in [0, 0.05) is 0 Å². The van der Waals surface area contributed by atoms with Gasteiger partial charge in [-0.1, -0.05) is 0 Å². The maximum atomic E-state index is 14.6. The van der Waals surface area contributed by atoms with E-state index in [1.165, 1.54) is 17.0 Å². The number of aromatic nitrogens is 4. The molecule has 0 radical (unpaired) electrons. The van der Waals surface area contributed by atoms with E-state index in [2.05, 4.69) is 15.0 Å². The third-order valence-corrected chi connectivity index (χ3v) is 6.80. The molecule has 3 N–H and O–H groups in total. The number of nitro groups is 1. The Morgan fingerprint density at radius 1 is 1.46 bits per heavy atom. The minimum absolute atomic E-state index is 0.0342. The number of aromatic amines is 1. The fourth-order valence-electron chi connectivity index (χ4n) is 3.07. The van der Waals surface area contributed by atoms with Crippen LogP contribution in [0.1, 0.15) is 12.6 Å². The fraction of sp³-hybridized carbons (Fsp3) is 0.312. The van der Waals surface area contributed by atoms with Crippen molar-refractivity contribution in [1.82, 2.24) is 19.5 Å². The molecule has 1 unspecified atom stereocenters. The van der Waals surface area contributed by atoms with Gasteiger partial charge in [0.05, 0.1) is 0 Å². The van der Waals surface area contributed by atoms with Crippen molar-refractivity contribution in [2.45, 2.75) is 30.2 Å². The van der Waals surface area contributed by atoms with Crippen LogP contribution in [0.4, 0.5) is 16.0 Å². The number of hydrogen-bond donors (Lipinski definition) is 2.